The fourth-order valence-electron chi connectivity index (χ4n) is 1.87. The second-order valence-electron chi connectivity index (χ2n) is 4.86. The predicted octanol–water partition coefficient (Wildman–Crippen LogP) is 3.69. The van der Waals surface area contributed by atoms with Crippen LogP contribution in [0.2, 0.25) is 5.02 Å². The Bertz CT molecular complexity index is 565. The summed E-state index contributed by atoms with van der Waals surface area (Å²) in [6.45, 7) is 6.48. The number of anilines is 1. The second kappa shape index (κ2) is 8.33. The second-order valence-corrected chi connectivity index (χ2v) is 5.27. The Morgan fingerprint density at radius 3 is 2.71 bits per heavy atom. The van der Waals surface area contributed by atoms with E-state index in [0.717, 1.165) is 24.0 Å². The normalized spacial score (nSPS) is 10.9. The third kappa shape index (κ3) is 5.13. The molecule has 0 aliphatic heterocycles. The van der Waals surface area contributed by atoms with Crippen LogP contribution in [0.25, 0.3) is 0 Å². The molecular weight excluding hydrogens is 286 g/mol. The average molecular weight is 306 g/mol. The summed E-state index contributed by atoms with van der Waals surface area (Å²) in [6.07, 6.45) is 3.27. The van der Waals surface area contributed by atoms with Gasteiger partial charge in [0.1, 0.15) is 11.6 Å². The van der Waals surface area contributed by atoms with E-state index >= 15 is 0 Å². The molecule has 4 nitrogen and oxygen atoms in total. The van der Waals surface area contributed by atoms with Crippen LogP contribution in [0.1, 0.15) is 30.9 Å². The molecule has 0 saturated carbocycles. The van der Waals surface area contributed by atoms with Gasteiger partial charge in [0.2, 0.25) is 0 Å². The number of benzene rings is 1. The molecule has 112 valence electrons. The molecule has 0 radical (unpaired) electrons. The van der Waals surface area contributed by atoms with Crippen molar-refractivity contribution in [3.8, 4) is 6.07 Å². The van der Waals surface area contributed by atoms with Crippen molar-refractivity contribution in [2.75, 3.05) is 11.9 Å². The number of nitrogens with one attached hydrogen (secondary N) is 2. The van der Waals surface area contributed by atoms with Crippen LogP contribution in [0.5, 0.6) is 0 Å². The highest BCUT2D eigenvalue weighted by Gasteiger charge is 2.09. The lowest BCUT2D eigenvalue weighted by Gasteiger charge is -2.10. The van der Waals surface area contributed by atoms with Crippen LogP contribution in [0.15, 0.2) is 23.9 Å². The van der Waals surface area contributed by atoms with E-state index in [4.69, 9.17) is 16.9 Å². The van der Waals surface area contributed by atoms with Crippen LogP contribution in [0.3, 0.4) is 0 Å². The Morgan fingerprint density at radius 1 is 1.43 bits per heavy atom. The quantitative estimate of drug-likeness (QED) is 0.478. The van der Waals surface area contributed by atoms with Crippen molar-refractivity contribution in [1.82, 2.24) is 5.32 Å². The molecule has 0 heterocycles. The molecule has 1 aromatic rings. The average Bonchev–Trinajstić information content (AvgIpc) is 2.42. The molecule has 21 heavy (non-hydrogen) atoms. The number of amides is 1. The number of aryl methyl sites for hydroxylation is 2. The molecule has 0 atom stereocenters. The summed E-state index contributed by atoms with van der Waals surface area (Å²) < 4.78 is 0. The first-order valence-electron chi connectivity index (χ1n) is 6.91. The molecule has 1 aromatic carbocycles. The molecule has 0 saturated heterocycles. The van der Waals surface area contributed by atoms with Gasteiger partial charge >= 0.3 is 0 Å². The highest BCUT2D eigenvalue weighted by atomic mass is 35.5. The van der Waals surface area contributed by atoms with E-state index < -0.39 is 0 Å². The lowest BCUT2D eigenvalue weighted by atomic mass is 10.1. The number of hydrogen-bond donors (Lipinski definition) is 2. The molecular formula is C16H20ClN3O. The minimum Gasteiger partial charge on any atom is -0.359 e. The van der Waals surface area contributed by atoms with Crippen molar-refractivity contribution in [2.45, 2.75) is 33.6 Å². The third-order valence-electron chi connectivity index (χ3n) is 2.97. The van der Waals surface area contributed by atoms with E-state index in [9.17, 15) is 4.79 Å². The number of nitriles is 1. The Hall–Kier alpha value is -1.99. The van der Waals surface area contributed by atoms with Crippen molar-refractivity contribution >= 4 is 23.2 Å². The first-order chi connectivity index (χ1) is 9.99. The first-order valence-corrected chi connectivity index (χ1v) is 7.29. The van der Waals surface area contributed by atoms with Gasteiger partial charge in [-0.1, -0.05) is 31.0 Å². The van der Waals surface area contributed by atoms with Crippen LogP contribution in [-0.4, -0.2) is 12.5 Å². The fraction of sp³-hybridized carbons (Fsp3) is 0.375. The fourth-order valence-corrected chi connectivity index (χ4v) is 2.24. The summed E-state index contributed by atoms with van der Waals surface area (Å²) in [6, 6.07) is 5.71. The summed E-state index contributed by atoms with van der Waals surface area (Å²) in [5.74, 6) is -0.376. The first kappa shape index (κ1) is 17.1. The summed E-state index contributed by atoms with van der Waals surface area (Å²) >= 11 is 6.17. The lowest BCUT2D eigenvalue weighted by molar-refractivity contribution is -0.117. The Morgan fingerprint density at radius 2 is 2.14 bits per heavy atom. The van der Waals surface area contributed by atoms with Crippen LogP contribution in [-0.2, 0) is 4.79 Å². The van der Waals surface area contributed by atoms with Crippen molar-refractivity contribution in [1.29, 1.82) is 5.26 Å². The van der Waals surface area contributed by atoms with E-state index in [1.807, 2.05) is 39.0 Å². The molecule has 0 aliphatic rings. The van der Waals surface area contributed by atoms with Crippen LogP contribution in [0.4, 0.5) is 5.69 Å². The van der Waals surface area contributed by atoms with Crippen LogP contribution in [0, 0.1) is 25.2 Å². The SMILES string of the molecule is CCCCNC(=O)/C(C#N)=C\Nc1c(C)cc(C)cc1Cl. The van der Waals surface area contributed by atoms with Gasteiger partial charge in [-0.3, -0.25) is 4.79 Å². The van der Waals surface area contributed by atoms with Gasteiger partial charge in [-0.15, -0.1) is 0 Å². The Balaban J connectivity index is 2.82. The van der Waals surface area contributed by atoms with Gasteiger partial charge in [0.05, 0.1) is 10.7 Å². The zero-order chi connectivity index (χ0) is 15.8. The van der Waals surface area contributed by atoms with E-state index in [-0.39, 0.29) is 11.5 Å². The monoisotopic (exact) mass is 305 g/mol. The number of rotatable bonds is 6. The Kier molecular flexibility index (Phi) is 6.77. The van der Waals surface area contributed by atoms with E-state index in [2.05, 4.69) is 10.6 Å². The van der Waals surface area contributed by atoms with Crippen molar-refractivity contribution in [3.05, 3.63) is 40.1 Å². The molecule has 5 heteroatoms. The van der Waals surface area contributed by atoms with Gasteiger partial charge < -0.3 is 10.6 Å². The maximum absolute atomic E-state index is 11.8. The number of unbranched alkanes of at least 4 members (excludes halogenated alkanes) is 1. The molecule has 0 fully saturated rings. The van der Waals surface area contributed by atoms with Crippen LogP contribution >= 0.6 is 11.6 Å². The van der Waals surface area contributed by atoms with Gasteiger partial charge in [-0.2, -0.15) is 5.26 Å². The topological polar surface area (TPSA) is 64.9 Å². The molecule has 0 aromatic heterocycles. The smallest absolute Gasteiger partial charge is 0.263 e. The molecule has 1 amide bonds. The predicted molar refractivity (Wildman–Crippen MR) is 86.2 cm³/mol. The van der Waals surface area contributed by atoms with Gasteiger partial charge in [-0.25, -0.2) is 0 Å². The molecule has 0 unspecified atom stereocenters. The van der Waals surface area contributed by atoms with Crippen LogP contribution < -0.4 is 10.6 Å². The maximum atomic E-state index is 11.8. The molecule has 0 bridgehead atoms. The minimum atomic E-state index is -0.376. The van der Waals surface area contributed by atoms with E-state index in [1.54, 1.807) is 0 Å². The lowest BCUT2D eigenvalue weighted by Crippen LogP contribution is -2.25. The van der Waals surface area contributed by atoms with E-state index in [0.29, 0.717) is 17.3 Å². The van der Waals surface area contributed by atoms with E-state index in [1.165, 1.54) is 6.20 Å². The minimum absolute atomic E-state index is 0.0298. The molecule has 0 spiro atoms. The summed E-state index contributed by atoms with van der Waals surface area (Å²) in [5, 5.41) is 15.3. The summed E-state index contributed by atoms with van der Waals surface area (Å²) in [4.78, 5) is 11.8. The summed E-state index contributed by atoms with van der Waals surface area (Å²) in [5.41, 5.74) is 2.75. The summed E-state index contributed by atoms with van der Waals surface area (Å²) in [7, 11) is 0. The zero-order valence-electron chi connectivity index (χ0n) is 12.6. The molecule has 1 rings (SSSR count). The maximum Gasteiger partial charge on any atom is 0.263 e. The largest absolute Gasteiger partial charge is 0.359 e. The number of halogens is 1. The molecule has 2 N–H and O–H groups in total. The van der Waals surface area contributed by atoms with Gasteiger partial charge in [0.25, 0.3) is 5.91 Å². The number of carbonyl (C=O) groups is 1. The number of hydrogen-bond acceptors (Lipinski definition) is 3. The van der Waals surface area contributed by atoms with Crippen molar-refractivity contribution in [3.63, 3.8) is 0 Å². The highest BCUT2D eigenvalue weighted by molar-refractivity contribution is 6.33. The van der Waals surface area contributed by atoms with Crippen molar-refractivity contribution in [2.24, 2.45) is 0 Å². The van der Waals surface area contributed by atoms with Gasteiger partial charge in [0.15, 0.2) is 0 Å². The van der Waals surface area contributed by atoms with Gasteiger partial charge in [-0.05, 0) is 37.5 Å². The molecule has 0 aliphatic carbocycles. The highest BCUT2D eigenvalue weighted by Crippen LogP contribution is 2.27. The third-order valence-corrected chi connectivity index (χ3v) is 3.27. The van der Waals surface area contributed by atoms with Crippen molar-refractivity contribution < 1.29 is 4.79 Å². The Labute approximate surface area is 130 Å². The zero-order valence-corrected chi connectivity index (χ0v) is 13.3. The number of carbonyl (C=O) groups excluding carboxylic acids is 1. The number of nitrogens with zero attached hydrogens (tertiary/aromatic N) is 1. The standard InChI is InChI=1S/C16H20ClN3O/c1-4-5-6-19-16(21)13(9-18)10-20-15-12(3)7-11(2)8-14(15)17/h7-8,10,20H,4-6H2,1-3H3,(H,19,21)/b13-10-. The van der Waals surface area contributed by atoms with Gasteiger partial charge in [0, 0.05) is 12.7 Å².